The van der Waals surface area contributed by atoms with Crippen LogP contribution in [0.25, 0.3) is 11.6 Å². The molecule has 0 radical (unpaired) electrons. The first-order valence-corrected chi connectivity index (χ1v) is 9.32. The number of hydrogen-bond donors (Lipinski definition) is 2. The smallest absolute Gasteiger partial charge is 0.216 e. The van der Waals surface area contributed by atoms with E-state index in [0.717, 1.165) is 16.7 Å². The number of nitrogens with one attached hydrogen (secondary N) is 2. The number of nitrogens with zero attached hydrogens (tertiary/aromatic N) is 5. The number of aliphatic imine (C=N–C) groups is 1. The van der Waals surface area contributed by atoms with Gasteiger partial charge in [0, 0.05) is 26.6 Å². The first-order chi connectivity index (χ1) is 13.1. The zero-order chi connectivity index (χ0) is 19.2. The van der Waals surface area contributed by atoms with Crippen molar-refractivity contribution >= 4 is 17.3 Å². The molecule has 0 aliphatic rings. The van der Waals surface area contributed by atoms with E-state index in [2.05, 4.69) is 30.5 Å². The van der Waals surface area contributed by atoms with Gasteiger partial charge >= 0.3 is 0 Å². The molecule has 0 aliphatic heterocycles. The fourth-order valence-corrected chi connectivity index (χ4v) is 3.28. The van der Waals surface area contributed by atoms with E-state index in [0.29, 0.717) is 30.5 Å². The Kier molecular flexibility index (Phi) is 6.20. The summed E-state index contributed by atoms with van der Waals surface area (Å²) in [6.45, 7) is 3.09. The van der Waals surface area contributed by atoms with Crippen molar-refractivity contribution in [3.05, 3.63) is 40.3 Å². The molecule has 0 saturated heterocycles. The molecule has 0 saturated carbocycles. The van der Waals surface area contributed by atoms with Gasteiger partial charge < -0.3 is 19.4 Å². The number of rotatable bonds is 7. The minimum Gasteiger partial charge on any atom is -0.461 e. The zero-order valence-electron chi connectivity index (χ0n) is 15.8. The Morgan fingerprint density at radius 3 is 3.04 bits per heavy atom. The standard InChI is InChI=1S/C17H23N7O2S/c1-11(25-4)16-20-12(10-27-16)9-24(3)17(18-2)19-8-14-21-15(23-22-14)13-6-5-7-26-13/h5-7,10-11H,8-9H2,1-4H3,(H,18,19)(H,21,22,23). The minimum absolute atomic E-state index is 0.00121. The predicted octanol–water partition coefficient (Wildman–Crippen LogP) is 2.44. The van der Waals surface area contributed by atoms with E-state index in [1.54, 1.807) is 37.8 Å². The Bertz CT molecular complexity index is 872. The molecule has 0 amide bonds. The molecular weight excluding hydrogens is 366 g/mol. The van der Waals surface area contributed by atoms with Gasteiger partial charge in [0.2, 0.25) is 5.82 Å². The maximum atomic E-state index is 5.31. The number of ether oxygens (including phenoxy) is 1. The quantitative estimate of drug-likeness (QED) is 0.472. The van der Waals surface area contributed by atoms with Crippen molar-refractivity contribution in [2.24, 2.45) is 4.99 Å². The average molecular weight is 389 g/mol. The van der Waals surface area contributed by atoms with Crippen LogP contribution in [-0.2, 0) is 17.8 Å². The molecule has 144 valence electrons. The lowest BCUT2D eigenvalue weighted by Crippen LogP contribution is -2.38. The number of hydrogen-bond acceptors (Lipinski definition) is 7. The van der Waals surface area contributed by atoms with E-state index >= 15 is 0 Å². The normalized spacial score (nSPS) is 13.0. The molecule has 27 heavy (non-hydrogen) atoms. The van der Waals surface area contributed by atoms with E-state index in [1.165, 1.54) is 0 Å². The Hall–Kier alpha value is -2.72. The number of methoxy groups -OCH3 is 1. The molecule has 1 unspecified atom stereocenters. The summed E-state index contributed by atoms with van der Waals surface area (Å²) in [5.74, 6) is 2.59. The monoisotopic (exact) mass is 389 g/mol. The molecule has 0 aromatic carbocycles. The van der Waals surface area contributed by atoms with E-state index < -0.39 is 0 Å². The first-order valence-electron chi connectivity index (χ1n) is 8.44. The van der Waals surface area contributed by atoms with Crippen LogP contribution in [0.5, 0.6) is 0 Å². The lowest BCUT2D eigenvalue weighted by molar-refractivity contribution is 0.119. The molecule has 2 N–H and O–H groups in total. The third kappa shape index (κ3) is 4.72. The number of guanidine groups is 1. The van der Waals surface area contributed by atoms with Gasteiger partial charge in [-0.2, -0.15) is 0 Å². The van der Waals surface area contributed by atoms with Gasteiger partial charge in [0.05, 0.1) is 25.0 Å². The summed E-state index contributed by atoms with van der Waals surface area (Å²) in [5.41, 5.74) is 0.976. The largest absolute Gasteiger partial charge is 0.461 e. The van der Waals surface area contributed by atoms with Gasteiger partial charge in [-0.1, -0.05) is 0 Å². The molecule has 3 aromatic rings. The van der Waals surface area contributed by atoms with E-state index in [-0.39, 0.29) is 6.10 Å². The summed E-state index contributed by atoms with van der Waals surface area (Å²) in [6, 6.07) is 3.62. The van der Waals surface area contributed by atoms with Crippen LogP contribution in [0.4, 0.5) is 0 Å². The second kappa shape index (κ2) is 8.78. The molecule has 0 bridgehead atoms. The molecule has 9 nitrogen and oxygen atoms in total. The highest BCUT2D eigenvalue weighted by molar-refractivity contribution is 7.09. The second-order valence-corrected chi connectivity index (χ2v) is 6.78. The molecule has 3 aromatic heterocycles. The summed E-state index contributed by atoms with van der Waals surface area (Å²) in [6.07, 6.45) is 1.60. The van der Waals surface area contributed by atoms with E-state index in [1.807, 2.05) is 30.3 Å². The van der Waals surface area contributed by atoms with Gasteiger partial charge in [-0.15, -0.1) is 16.4 Å². The van der Waals surface area contributed by atoms with Crippen LogP contribution in [0, 0.1) is 0 Å². The highest BCUT2D eigenvalue weighted by Crippen LogP contribution is 2.21. The van der Waals surface area contributed by atoms with Crippen molar-refractivity contribution in [3.8, 4) is 11.6 Å². The lowest BCUT2D eigenvalue weighted by atomic mass is 10.4. The molecule has 3 rings (SSSR count). The lowest BCUT2D eigenvalue weighted by Gasteiger charge is -2.20. The molecule has 0 spiro atoms. The van der Waals surface area contributed by atoms with Crippen LogP contribution < -0.4 is 5.32 Å². The number of aromatic amines is 1. The minimum atomic E-state index is 0.00121. The summed E-state index contributed by atoms with van der Waals surface area (Å²) in [5, 5.41) is 13.3. The Morgan fingerprint density at radius 1 is 1.48 bits per heavy atom. The zero-order valence-corrected chi connectivity index (χ0v) is 16.6. The molecule has 10 heteroatoms. The molecule has 0 fully saturated rings. The summed E-state index contributed by atoms with van der Waals surface area (Å²) in [7, 11) is 5.39. The topological polar surface area (TPSA) is 104 Å². The van der Waals surface area contributed by atoms with Gasteiger partial charge in [-0.25, -0.2) is 9.97 Å². The summed E-state index contributed by atoms with van der Waals surface area (Å²) >= 11 is 1.60. The van der Waals surface area contributed by atoms with Crippen molar-refractivity contribution in [3.63, 3.8) is 0 Å². The first kappa shape index (κ1) is 19.1. The maximum absolute atomic E-state index is 5.31. The van der Waals surface area contributed by atoms with Crippen LogP contribution in [0.1, 0.15) is 29.6 Å². The van der Waals surface area contributed by atoms with Crippen LogP contribution >= 0.6 is 11.3 Å². The van der Waals surface area contributed by atoms with Crippen molar-refractivity contribution in [2.45, 2.75) is 26.1 Å². The fourth-order valence-electron chi connectivity index (χ4n) is 2.44. The highest BCUT2D eigenvalue weighted by Gasteiger charge is 2.14. The summed E-state index contributed by atoms with van der Waals surface area (Å²) < 4.78 is 10.6. The third-order valence-corrected chi connectivity index (χ3v) is 4.99. The van der Waals surface area contributed by atoms with Crippen molar-refractivity contribution in [2.75, 3.05) is 21.2 Å². The molecule has 1 atom stereocenters. The van der Waals surface area contributed by atoms with Gasteiger partial charge in [0.15, 0.2) is 11.7 Å². The maximum Gasteiger partial charge on any atom is 0.216 e. The number of thiazole rings is 1. The van der Waals surface area contributed by atoms with Gasteiger partial charge in [0.25, 0.3) is 0 Å². The number of furan rings is 1. The molecule has 3 heterocycles. The van der Waals surface area contributed by atoms with Crippen molar-refractivity contribution in [1.29, 1.82) is 0 Å². The average Bonchev–Trinajstić information content (AvgIpc) is 3.42. The fraction of sp³-hybridized carbons (Fsp3) is 0.412. The van der Waals surface area contributed by atoms with E-state index in [4.69, 9.17) is 9.15 Å². The highest BCUT2D eigenvalue weighted by atomic mass is 32.1. The summed E-state index contributed by atoms with van der Waals surface area (Å²) in [4.78, 5) is 15.3. The third-order valence-electron chi connectivity index (χ3n) is 3.93. The SMILES string of the molecule is CN=C(NCc1nc(-c2ccco2)n[nH]1)N(C)Cc1csc(C(C)OC)n1. The second-order valence-electron chi connectivity index (χ2n) is 5.89. The van der Waals surface area contributed by atoms with Gasteiger partial charge in [0.1, 0.15) is 16.9 Å². The molecule has 0 aliphatic carbocycles. The number of aromatic nitrogens is 4. The van der Waals surface area contributed by atoms with Crippen molar-refractivity contribution in [1.82, 2.24) is 30.4 Å². The van der Waals surface area contributed by atoms with Gasteiger partial charge in [-0.3, -0.25) is 10.1 Å². The van der Waals surface area contributed by atoms with Crippen LogP contribution in [0.15, 0.2) is 33.2 Å². The van der Waals surface area contributed by atoms with Crippen molar-refractivity contribution < 1.29 is 9.15 Å². The predicted molar refractivity (Wildman–Crippen MR) is 103 cm³/mol. The Morgan fingerprint density at radius 2 is 2.33 bits per heavy atom. The van der Waals surface area contributed by atoms with Gasteiger partial charge in [-0.05, 0) is 19.1 Å². The molecular formula is C17H23N7O2S. The van der Waals surface area contributed by atoms with Crippen LogP contribution in [0.3, 0.4) is 0 Å². The number of H-pyrrole nitrogens is 1. The Labute approximate surface area is 161 Å². The van der Waals surface area contributed by atoms with Crippen LogP contribution in [0.2, 0.25) is 0 Å². The van der Waals surface area contributed by atoms with Crippen LogP contribution in [-0.4, -0.2) is 52.2 Å². The Balaban J connectivity index is 1.56. The van der Waals surface area contributed by atoms with E-state index in [9.17, 15) is 0 Å².